The van der Waals surface area contributed by atoms with Crippen LogP contribution in [0.2, 0.25) is 0 Å². The summed E-state index contributed by atoms with van der Waals surface area (Å²) in [5.74, 6) is 39.7. The van der Waals surface area contributed by atoms with Crippen molar-refractivity contribution in [3.63, 3.8) is 0 Å². The van der Waals surface area contributed by atoms with Gasteiger partial charge >= 0.3 is 0 Å². The normalized spacial score (nSPS) is 9.26. The molecule has 6 aromatic rings. The second kappa shape index (κ2) is 20.1. The number of benzene rings is 2. The molecule has 4 heterocycles. The minimum absolute atomic E-state index is 0.948. The predicted molar refractivity (Wildman–Crippen MR) is 235 cm³/mol. The van der Waals surface area contributed by atoms with Gasteiger partial charge in [-0.15, -0.1) is 51.8 Å². The van der Waals surface area contributed by atoms with Crippen molar-refractivity contribution in [3.8, 4) is 145 Å². The van der Waals surface area contributed by atoms with E-state index < -0.39 is 0 Å². The molecule has 2 aromatic carbocycles. The van der Waals surface area contributed by atoms with Crippen LogP contribution in [0.15, 0.2) is 97.1 Å². The van der Waals surface area contributed by atoms with Crippen molar-refractivity contribution in [1.82, 2.24) is 0 Å². The summed E-state index contributed by atoms with van der Waals surface area (Å²) in [5, 5.41) is 0. The number of rotatable bonds is 10. The highest BCUT2D eigenvalue weighted by atomic mass is 32.1. The van der Waals surface area contributed by atoms with E-state index in [0.717, 1.165) is 22.4 Å². The van der Waals surface area contributed by atoms with Gasteiger partial charge in [0, 0.05) is 39.7 Å². The molecule has 54 heavy (non-hydrogen) atoms. The van der Waals surface area contributed by atoms with Crippen LogP contribution in [0.3, 0.4) is 0 Å². The Morgan fingerprint density at radius 2 is 0.926 bits per heavy atom. The van der Waals surface area contributed by atoms with Gasteiger partial charge in [0.2, 0.25) is 0 Å². The van der Waals surface area contributed by atoms with Gasteiger partial charge in [0.15, 0.2) is 0 Å². The molecule has 0 fully saturated rings. The molecule has 4 heteroatoms. The molecule has 0 unspecified atom stereocenters. The molecule has 0 nitrogen and oxygen atoms in total. The van der Waals surface area contributed by atoms with Gasteiger partial charge in [-0.2, -0.15) is 0 Å². The van der Waals surface area contributed by atoms with E-state index in [1.54, 1.807) is 11.3 Å². The molecule has 0 saturated heterocycles. The molecule has 0 amide bonds. The van der Waals surface area contributed by atoms with E-state index in [1.807, 2.05) is 40.1 Å². The first-order valence-electron chi connectivity index (χ1n) is 17.3. The van der Waals surface area contributed by atoms with E-state index in [1.165, 1.54) is 71.0 Å². The SMILES string of the molecule is C#CC#CC#CC#CC#CC#CC#CC#Cc1cc(-c2ccccc2)sc1-c1ccc(-c2ccc(-c3sc(-c4ccccc4)cc3CCCCCC)s2)s1. The Balaban J connectivity index is 1.24. The van der Waals surface area contributed by atoms with Crippen LogP contribution in [0.5, 0.6) is 0 Å². The zero-order valence-corrected chi connectivity index (χ0v) is 32.7. The average molecular weight is 759 g/mol. The van der Waals surface area contributed by atoms with E-state index >= 15 is 0 Å². The Labute approximate surface area is 335 Å². The molecule has 4 aromatic heterocycles. The third kappa shape index (κ3) is 10.4. The van der Waals surface area contributed by atoms with Crippen molar-refractivity contribution >= 4 is 45.3 Å². The topological polar surface area (TPSA) is 0 Å². The van der Waals surface area contributed by atoms with Crippen molar-refractivity contribution < 1.29 is 0 Å². The summed E-state index contributed by atoms with van der Waals surface area (Å²) in [6, 6.07) is 34.8. The number of unbranched alkanes of at least 4 members (excludes halogenated alkanes) is 3. The van der Waals surface area contributed by atoms with Crippen LogP contribution in [0.4, 0.5) is 0 Å². The molecule has 6 rings (SSSR count). The highest BCUT2D eigenvalue weighted by molar-refractivity contribution is 7.29. The van der Waals surface area contributed by atoms with Gasteiger partial charge in [-0.3, -0.25) is 0 Å². The lowest BCUT2D eigenvalue weighted by molar-refractivity contribution is 0.668. The van der Waals surface area contributed by atoms with Gasteiger partial charge in [-0.1, -0.05) is 92.8 Å². The Kier molecular flexibility index (Phi) is 13.9. The molecule has 0 bridgehead atoms. The van der Waals surface area contributed by atoms with Crippen molar-refractivity contribution in [2.45, 2.75) is 39.0 Å². The molecule has 0 spiro atoms. The minimum atomic E-state index is 0.948. The minimum Gasteiger partial charge on any atom is -0.134 e. The van der Waals surface area contributed by atoms with E-state index in [2.05, 4.69) is 187 Å². The van der Waals surface area contributed by atoms with E-state index in [-0.39, 0.29) is 0 Å². The Morgan fingerprint density at radius 3 is 1.48 bits per heavy atom. The number of aryl methyl sites for hydroxylation is 1. The predicted octanol–water partition coefficient (Wildman–Crippen LogP) is 12.4. The molecule has 0 aliphatic rings. The lowest BCUT2D eigenvalue weighted by Crippen LogP contribution is -1.85. The Bertz CT molecular complexity index is 2740. The number of terminal acetylenes is 1. The molecule has 0 radical (unpaired) electrons. The standard InChI is InChI=1S/C50H30S4/c1-3-5-7-9-10-11-12-13-14-15-16-17-18-22-32-42-38-48(40-29-25-20-26-30-40)54-50(42)46-36-34-44(52-46)43-33-35-45(51-43)49-41(31-21-8-6-4-2)37-47(53-49)39-27-23-19-24-28-39/h1,19-20,23-30,33-38H,4,6,8,21,31H2,2H3. The first-order chi connectivity index (χ1) is 26.7. The third-order valence-corrected chi connectivity index (χ3v) is 13.0. The molecule has 0 aliphatic carbocycles. The van der Waals surface area contributed by atoms with Crippen molar-refractivity contribution in [2.24, 2.45) is 0 Å². The zero-order valence-electron chi connectivity index (χ0n) is 29.5. The maximum Gasteiger partial charge on any atom is 0.0606 e. The second-order valence-corrected chi connectivity index (χ2v) is 15.9. The summed E-state index contributed by atoms with van der Waals surface area (Å²) in [6.07, 6.45) is 11.2. The van der Waals surface area contributed by atoms with Crippen LogP contribution in [0, 0.1) is 95.2 Å². The van der Waals surface area contributed by atoms with Crippen molar-refractivity contribution in [1.29, 1.82) is 0 Å². The first kappa shape index (κ1) is 37.5. The molecule has 0 N–H and O–H groups in total. The van der Waals surface area contributed by atoms with Crippen LogP contribution >= 0.6 is 45.3 Å². The lowest BCUT2D eigenvalue weighted by atomic mass is 10.0. The zero-order chi connectivity index (χ0) is 37.2. The third-order valence-electron chi connectivity index (χ3n) is 7.88. The Morgan fingerprint density at radius 1 is 0.444 bits per heavy atom. The second-order valence-electron chi connectivity index (χ2n) is 11.6. The molecule has 0 atom stereocenters. The number of thiophene rings is 4. The first-order valence-corrected chi connectivity index (χ1v) is 20.5. The maximum atomic E-state index is 5.03. The molecular weight excluding hydrogens is 729 g/mol. The fourth-order valence-corrected chi connectivity index (χ4v) is 10.1. The van der Waals surface area contributed by atoms with Gasteiger partial charge < -0.3 is 0 Å². The summed E-state index contributed by atoms with van der Waals surface area (Å²) in [4.78, 5) is 10.1. The monoisotopic (exact) mass is 758 g/mol. The van der Waals surface area contributed by atoms with Gasteiger partial charge in [0.05, 0.1) is 4.88 Å². The van der Waals surface area contributed by atoms with Gasteiger partial charge in [0.25, 0.3) is 0 Å². The van der Waals surface area contributed by atoms with E-state index in [9.17, 15) is 0 Å². The van der Waals surface area contributed by atoms with Crippen molar-refractivity contribution in [3.05, 3.63) is 108 Å². The maximum absolute atomic E-state index is 5.03. The molecule has 0 aliphatic heterocycles. The highest BCUT2D eigenvalue weighted by Crippen LogP contribution is 2.47. The number of hydrogen-bond donors (Lipinski definition) is 0. The Hall–Kier alpha value is -6.28. The lowest BCUT2D eigenvalue weighted by Gasteiger charge is -2.02. The van der Waals surface area contributed by atoms with Crippen molar-refractivity contribution in [2.75, 3.05) is 0 Å². The van der Waals surface area contributed by atoms with Crippen LogP contribution in [0.1, 0.15) is 43.7 Å². The van der Waals surface area contributed by atoms with Crippen LogP contribution in [0.25, 0.3) is 50.1 Å². The summed E-state index contributed by atoms with van der Waals surface area (Å²) in [6.45, 7) is 2.27. The summed E-state index contributed by atoms with van der Waals surface area (Å²) >= 11 is 7.37. The van der Waals surface area contributed by atoms with Gasteiger partial charge in [-0.05, 0) is 149 Å². The fourth-order valence-electron chi connectivity index (χ4n) is 5.38. The molecule has 0 saturated carbocycles. The molecule has 254 valence electrons. The highest BCUT2D eigenvalue weighted by Gasteiger charge is 2.17. The van der Waals surface area contributed by atoms with E-state index in [0.29, 0.717) is 0 Å². The van der Waals surface area contributed by atoms with Gasteiger partial charge in [0.1, 0.15) is 0 Å². The molecular formula is C50H30S4. The summed E-state index contributed by atoms with van der Waals surface area (Å²) in [5.41, 5.74) is 4.86. The average Bonchev–Trinajstić information content (AvgIpc) is 4.04. The van der Waals surface area contributed by atoms with Crippen LogP contribution in [-0.4, -0.2) is 0 Å². The fraction of sp³-hybridized carbons (Fsp3) is 0.120. The smallest absolute Gasteiger partial charge is 0.0606 e. The van der Waals surface area contributed by atoms with E-state index in [4.69, 9.17) is 6.42 Å². The quantitative estimate of drug-likeness (QED) is 0.0964. The summed E-state index contributed by atoms with van der Waals surface area (Å²) < 4.78 is 0. The van der Waals surface area contributed by atoms with Gasteiger partial charge in [-0.25, -0.2) is 0 Å². The summed E-state index contributed by atoms with van der Waals surface area (Å²) in [7, 11) is 0. The largest absolute Gasteiger partial charge is 0.134 e. The van der Waals surface area contributed by atoms with Crippen LogP contribution < -0.4 is 0 Å². The van der Waals surface area contributed by atoms with Crippen LogP contribution in [-0.2, 0) is 6.42 Å². The number of hydrogen-bond acceptors (Lipinski definition) is 4.